The fraction of sp³-hybridized carbons (Fsp3) is 0.429. The number of piperidine rings is 1. The van der Waals surface area contributed by atoms with Crippen LogP contribution in [0.3, 0.4) is 0 Å². The van der Waals surface area contributed by atoms with Crippen molar-refractivity contribution in [1.29, 1.82) is 0 Å². The quantitative estimate of drug-likeness (QED) is 0.304. The molecule has 10 nitrogen and oxygen atoms in total. The second-order valence-electron chi connectivity index (χ2n) is 10.3. The maximum Gasteiger partial charge on any atom is 0.287 e. The molecule has 1 saturated heterocycles. The minimum absolute atomic E-state index is 0.0368. The summed E-state index contributed by atoms with van der Waals surface area (Å²) in [5.41, 5.74) is 2.02. The topological polar surface area (TPSA) is 117 Å². The van der Waals surface area contributed by atoms with Crippen LogP contribution < -0.4 is 5.32 Å². The highest BCUT2D eigenvalue weighted by Crippen LogP contribution is 2.32. The molecule has 1 aliphatic heterocycles. The van der Waals surface area contributed by atoms with Gasteiger partial charge in [-0.2, -0.15) is 0 Å². The van der Waals surface area contributed by atoms with Crippen LogP contribution in [0.4, 0.5) is 0 Å². The van der Waals surface area contributed by atoms with Gasteiger partial charge in [0.2, 0.25) is 0 Å². The van der Waals surface area contributed by atoms with Crippen LogP contribution in [0.15, 0.2) is 40.9 Å². The summed E-state index contributed by atoms with van der Waals surface area (Å²) in [6.07, 6.45) is 1.71. The van der Waals surface area contributed by atoms with Crippen molar-refractivity contribution in [2.45, 2.75) is 45.3 Å². The highest BCUT2D eigenvalue weighted by molar-refractivity contribution is 7.19. The van der Waals surface area contributed by atoms with Gasteiger partial charge in [-0.05, 0) is 51.0 Å². The number of fused-ring (bicyclic) bond motifs is 1. The van der Waals surface area contributed by atoms with Crippen LogP contribution in [-0.2, 0) is 6.54 Å². The van der Waals surface area contributed by atoms with E-state index in [1.807, 2.05) is 18.2 Å². The Balaban J connectivity index is 1.48. The number of nitrogens with zero attached hydrogens (tertiary/aromatic N) is 5. The van der Waals surface area contributed by atoms with E-state index >= 15 is 0 Å². The van der Waals surface area contributed by atoms with Crippen LogP contribution in [0, 0.1) is 0 Å². The molecule has 0 saturated carbocycles. The summed E-state index contributed by atoms with van der Waals surface area (Å²) < 4.78 is 8.00. The Morgan fingerprint density at radius 2 is 2.02 bits per heavy atom. The maximum absolute atomic E-state index is 13.7. The number of hydrogen-bond acceptors (Lipinski definition) is 8. The van der Waals surface area contributed by atoms with E-state index in [0.29, 0.717) is 38.4 Å². The lowest BCUT2D eigenvalue weighted by Gasteiger charge is -2.34. The predicted molar refractivity (Wildman–Crippen MR) is 155 cm³/mol. The van der Waals surface area contributed by atoms with Crippen LogP contribution in [0.25, 0.3) is 21.7 Å². The van der Waals surface area contributed by atoms with Gasteiger partial charge in [-0.15, -0.1) is 11.3 Å². The largest absolute Gasteiger partial charge is 0.395 e. The standard InChI is InChI=1S/C28H33ClN6O4S/c1-17(2)34-11-9-18(10-12-34)30-27(37)26-31-25-20(28(38)33(3)13-14-36)5-4-6-21(25)35(26)16-19-15-22(39-32-19)23-7-8-24(29)40-23/h4-8,15,17-18,36H,9-14,16H2,1-3H3,(H,30,37). The molecule has 212 valence electrons. The molecule has 0 unspecified atom stereocenters. The zero-order valence-corrected chi connectivity index (χ0v) is 24.3. The van der Waals surface area contributed by atoms with Crippen LogP contribution >= 0.6 is 22.9 Å². The Kier molecular flexibility index (Phi) is 8.55. The number of aliphatic hydroxyl groups is 1. The first-order valence-corrected chi connectivity index (χ1v) is 14.6. The van der Waals surface area contributed by atoms with Gasteiger partial charge >= 0.3 is 0 Å². The highest BCUT2D eigenvalue weighted by atomic mass is 35.5. The molecule has 0 bridgehead atoms. The Morgan fingerprint density at radius 3 is 2.70 bits per heavy atom. The first-order chi connectivity index (χ1) is 19.2. The highest BCUT2D eigenvalue weighted by Gasteiger charge is 2.27. The number of likely N-dealkylation sites (tertiary alicyclic amines) is 1. The number of hydrogen-bond donors (Lipinski definition) is 2. The van der Waals surface area contributed by atoms with Gasteiger partial charge in [0.25, 0.3) is 11.8 Å². The van der Waals surface area contributed by atoms with Crippen molar-refractivity contribution >= 4 is 45.8 Å². The van der Waals surface area contributed by atoms with Gasteiger partial charge in [0.05, 0.1) is 33.4 Å². The molecular formula is C28H33ClN6O4S. The monoisotopic (exact) mass is 584 g/mol. The minimum atomic E-state index is -0.296. The van der Waals surface area contributed by atoms with Gasteiger partial charge in [-0.3, -0.25) is 9.59 Å². The number of imidazole rings is 1. The van der Waals surface area contributed by atoms with Crippen molar-refractivity contribution in [1.82, 2.24) is 29.8 Å². The lowest BCUT2D eigenvalue weighted by atomic mass is 10.0. The van der Waals surface area contributed by atoms with E-state index in [2.05, 4.69) is 29.2 Å². The smallest absolute Gasteiger partial charge is 0.287 e. The number of benzene rings is 1. The second kappa shape index (κ2) is 12.1. The Morgan fingerprint density at radius 1 is 1.25 bits per heavy atom. The molecule has 4 heterocycles. The summed E-state index contributed by atoms with van der Waals surface area (Å²) in [4.78, 5) is 36.2. The molecule has 12 heteroatoms. The number of halogens is 1. The fourth-order valence-electron chi connectivity index (χ4n) is 5.03. The normalized spacial score (nSPS) is 14.8. The van der Waals surface area contributed by atoms with E-state index in [4.69, 9.17) is 21.1 Å². The summed E-state index contributed by atoms with van der Waals surface area (Å²) in [5.74, 6) is 0.210. The third kappa shape index (κ3) is 5.92. The van der Waals surface area contributed by atoms with Gasteiger partial charge in [-0.25, -0.2) is 4.98 Å². The number of aliphatic hydroxyl groups excluding tert-OH is 1. The number of thiophene rings is 1. The summed E-state index contributed by atoms with van der Waals surface area (Å²) in [6, 6.07) is 11.3. The molecular weight excluding hydrogens is 552 g/mol. The number of likely N-dealkylation sites (N-methyl/N-ethyl adjacent to an activating group) is 1. The average molecular weight is 585 g/mol. The van der Waals surface area contributed by atoms with Crippen molar-refractivity contribution in [3.05, 3.63) is 57.8 Å². The fourth-order valence-corrected chi connectivity index (χ4v) is 6.02. The molecule has 0 spiro atoms. The first kappa shape index (κ1) is 28.3. The van der Waals surface area contributed by atoms with Crippen LogP contribution in [0.1, 0.15) is 53.4 Å². The molecule has 2 amide bonds. The molecule has 0 aliphatic carbocycles. The van der Waals surface area contributed by atoms with Crippen molar-refractivity contribution in [2.24, 2.45) is 0 Å². The van der Waals surface area contributed by atoms with Gasteiger partial charge in [-0.1, -0.05) is 22.8 Å². The third-order valence-electron chi connectivity index (χ3n) is 7.28. The van der Waals surface area contributed by atoms with Gasteiger partial charge in [0.15, 0.2) is 11.6 Å². The van der Waals surface area contributed by atoms with Crippen LogP contribution in [0.2, 0.25) is 4.34 Å². The molecule has 5 rings (SSSR count). The molecule has 2 N–H and O–H groups in total. The molecule has 1 aliphatic rings. The van der Waals surface area contributed by atoms with Crippen molar-refractivity contribution < 1.29 is 19.2 Å². The summed E-state index contributed by atoms with van der Waals surface area (Å²) in [5, 5.41) is 16.7. The summed E-state index contributed by atoms with van der Waals surface area (Å²) in [7, 11) is 1.62. The van der Waals surface area contributed by atoms with Gasteiger partial charge < -0.3 is 29.3 Å². The van der Waals surface area contributed by atoms with Crippen LogP contribution in [0.5, 0.6) is 0 Å². The Hall–Kier alpha value is -3.25. The predicted octanol–water partition coefficient (Wildman–Crippen LogP) is 4.12. The van der Waals surface area contributed by atoms with E-state index in [-0.39, 0.29) is 43.4 Å². The van der Waals surface area contributed by atoms with E-state index < -0.39 is 0 Å². The number of para-hydroxylation sites is 1. The van der Waals surface area contributed by atoms with E-state index in [1.165, 1.54) is 16.2 Å². The van der Waals surface area contributed by atoms with Crippen molar-refractivity contribution in [2.75, 3.05) is 33.3 Å². The number of carbonyl (C=O) groups excluding carboxylic acids is 2. The Bertz CT molecular complexity index is 1500. The van der Waals surface area contributed by atoms with Crippen LogP contribution in [-0.4, -0.2) is 86.8 Å². The molecule has 3 aromatic heterocycles. The lowest BCUT2D eigenvalue weighted by Crippen LogP contribution is -2.47. The number of rotatable bonds is 9. The number of amides is 2. The van der Waals surface area contributed by atoms with E-state index in [0.717, 1.165) is 30.8 Å². The zero-order chi connectivity index (χ0) is 28.4. The van der Waals surface area contributed by atoms with Gasteiger partial charge in [0, 0.05) is 44.8 Å². The Labute approximate surface area is 241 Å². The molecule has 40 heavy (non-hydrogen) atoms. The second-order valence-corrected chi connectivity index (χ2v) is 12.0. The molecule has 1 fully saturated rings. The zero-order valence-electron chi connectivity index (χ0n) is 22.8. The number of carbonyl (C=O) groups is 2. The minimum Gasteiger partial charge on any atom is -0.395 e. The maximum atomic E-state index is 13.7. The van der Waals surface area contributed by atoms with Gasteiger partial charge in [0.1, 0.15) is 11.2 Å². The SMILES string of the molecule is CC(C)N1CCC(NC(=O)c2nc3c(C(=O)N(C)CCO)cccc3n2Cc2cc(-c3ccc(Cl)s3)on2)CC1. The third-order valence-corrected chi connectivity index (χ3v) is 8.53. The van der Waals surface area contributed by atoms with E-state index in [9.17, 15) is 14.7 Å². The lowest BCUT2D eigenvalue weighted by molar-refractivity contribution is 0.0768. The van der Waals surface area contributed by atoms with E-state index in [1.54, 1.807) is 29.8 Å². The first-order valence-electron chi connectivity index (χ1n) is 13.4. The molecule has 4 aromatic rings. The summed E-state index contributed by atoms with van der Waals surface area (Å²) in [6.45, 7) is 6.46. The summed E-state index contributed by atoms with van der Waals surface area (Å²) >= 11 is 7.48. The average Bonchev–Trinajstić information content (AvgIpc) is 3.68. The molecule has 1 aromatic carbocycles. The van der Waals surface area contributed by atoms with Crippen molar-refractivity contribution in [3.63, 3.8) is 0 Å². The molecule has 0 radical (unpaired) electrons. The number of aromatic nitrogens is 3. The van der Waals surface area contributed by atoms with Crippen molar-refractivity contribution in [3.8, 4) is 10.6 Å². The number of nitrogens with one attached hydrogen (secondary N) is 1. The molecule has 0 atom stereocenters.